The highest BCUT2D eigenvalue weighted by atomic mass is 32.1. The van der Waals surface area contributed by atoms with Gasteiger partial charge in [0, 0.05) is 18.0 Å². The second kappa shape index (κ2) is 6.42. The summed E-state index contributed by atoms with van der Waals surface area (Å²) in [6.07, 6.45) is 0.625. The molecule has 0 bridgehead atoms. The maximum atomic E-state index is 12.7. The molecular weight excluding hydrogens is 312 g/mol. The summed E-state index contributed by atoms with van der Waals surface area (Å²) >= 11 is 1.41. The molecule has 0 spiro atoms. The second-order valence-corrected chi connectivity index (χ2v) is 6.57. The Morgan fingerprint density at radius 2 is 2.04 bits per heavy atom. The molecule has 1 aromatic heterocycles. The van der Waals surface area contributed by atoms with Crippen molar-refractivity contribution in [1.82, 2.24) is 4.90 Å². The van der Waals surface area contributed by atoms with Crippen molar-refractivity contribution >= 4 is 23.2 Å². The van der Waals surface area contributed by atoms with E-state index in [1.165, 1.54) is 11.3 Å². The second-order valence-electron chi connectivity index (χ2n) is 5.51. The van der Waals surface area contributed by atoms with Crippen molar-refractivity contribution in [2.75, 3.05) is 20.2 Å². The van der Waals surface area contributed by atoms with Crippen LogP contribution in [0.3, 0.4) is 0 Å². The summed E-state index contributed by atoms with van der Waals surface area (Å²) in [5, 5.41) is 0. The number of ether oxygens (including phenoxy) is 1. The number of nitrogens with two attached hydrogens (primary N) is 1. The Hall–Kier alpha value is -2.34. The normalized spacial score (nSPS) is 17.3. The lowest BCUT2D eigenvalue weighted by molar-refractivity contribution is -0.121. The molecule has 0 aliphatic carbocycles. The van der Waals surface area contributed by atoms with Crippen LogP contribution in [0.1, 0.15) is 16.1 Å². The molecule has 23 heavy (non-hydrogen) atoms. The van der Waals surface area contributed by atoms with E-state index in [4.69, 9.17) is 10.5 Å². The number of carbonyl (C=O) groups is 2. The van der Waals surface area contributed by atoms with Gasteiger partial charge in [-0.2, -0.15) is 0 Å². The van der Waals surface area contributed by atoms with Crippen LogP contribution in [0.25, 0.3) is 10.4 Å². The minimum absolute atomic E-state index is 0.0993. The smallest absolute Gasteiger partial charge is 0.267 e. The van der Waals surface area contributed by atoms with Gasteiger partial charge in [-0.3, -0.25) is 9.59 Å². The predicted octanol–water partition coefficient (Wildman–Crippen LogP) is 2.37. The maximum absolute atomic E-state index is 12.7. The fourth-order valence-electron chi connectivity index (χ4n) is 2.74. The fourth-order valence-corrected chi connectivity index (χ4v) is 3.84. The quantitative estimate of drug-likeness (QED) is 0.935. The summed E-state index contributed by atoms with van der Waals surface area (Å²) < 4.78 is 5.37. The van der Waals surface area contributed by atoms with Crippen molar-refractivity contribution in [2.24, 2.45) is 11.7 Å². The van der Waals surface area contributed by atoms with Crippen LogP contribution in [-0.4, -0.2) is 36.9 Å². The van der Waals surface area contributed by atoms with E-state index in [0.717, 1.165) is 10.4 Å². The molecular formula is C17H18N2O3S. The van der Waals surface area contributed by atoms with E-state index in [-0.39, 0.29) is 17.7 Å². The molecule has 1 atom stereocenters. The zero-order chi connectivity index (χ0) is 16.4. The molecule has 3 rings (SSSR count). The number of thiophene rings is 1. The third kappa shape index (κ3) is 3.07. The topological polar surface area (TPSA) is 72.6 Å². The molecule has 1 aliphatic heterocycles. The third-order valence-corrected chi connectivity index (χ3v) is 5.20. The van der Waals surface area contributed by atoms with Gasteiger partial charge in [0.15, 0.2) is 0 Å². The van der Waals surface area contributed by atoms with E-state index in [9.17, 15) is 9.59 Å². The van der Waals surface area contributed by atoms with E-state index in [2.05, 4.69) is 0 Å². The Kier molecular flexibility index (Phi) is 4.34. The SMILES string of the molecule is COc1cc(-c2ccccc2)sc1C(=O)N1CCC(C(N)=O)C1. The molecule has 2 amide bonds. The van der Waals surface area contributed by atoms with Gasteiger partial charge in [0.25, 0.3) is 5.91 Å². The standard InChI is InChI=1S/C17H18N2O3S/c1-22-13-9-14(11-5-3-2-4-6-11)23-15(13)17(21)19-8-7-12(10-19)16(18)20/h2-6,9,12H,7-8,10H2,1H3,(H2,18,20). The molecule has 6 heteroatoms. The van der Waals surface area contributed by atoms with E-state index in [1.54, 1.807) is 12.0 Å². The van der Waals surface area contributed by atoms with Crippen molar-refractivity contribution in [3.05, 3.63) is 41.3 Å². The van der Waals surface area contributed by atoms with Crippen LogP contribution in [0, 0.1) is 5.92 Å². The number of hydrogen-bond acceptors (Lipinski definition) is 4. The van der Waals surface area contributed by atoms with Gasteiger partial charge in [-0.25, -0.2) is 0 Å². The summed E-state index contributed by atoms with van der Waals surface area (Å²) in [7, 11) is 1.56. The van der Waals surface area contributed by atoms with Crippen LogP contribution in [0.2, 0.25) is 0 Å². The summed E-state index contributed by atoms with van der Waals surface area (Å²) in [6, 6.07) is 11.8. The highest BCUT2D eigenvalue weighted by Gasteiger charge is 2.32. The highest BCUT2D eigenvalue weighted by molar-refractivity contribution is 7.17. The first-order valence-electron chi connectivity index (χ1n) is 7.42. The Morgan fingerprint density at radius 1 is 1.30 bits per heavy atom. The van der Waals surface area contributed by atoms with Crippen molar-refractivity contribution in [1.29, 1.82) is 0 Å². The lowest BCUT2D eigenvalue weighted by Gasteiger charge is -2.15. The number of rotatable bonds is 4. The first-order valence-corrected chi connectivity index (χ1v) is 8.23. The van der Waals surface area contributed by atoms with Crippen LogP contribution >= 0.6 is 11.3 Å². The molecule has 1 aliphatic rings. The minimum Gasteiger partial charge on any atom is -0.495 e. The molecule has 5 nitrogen and oxygen atoms in total. The molecule has 1 fully saturated rings. The van der Waals surface area contributed by atoms with Crippen molar-refractivity contribution in [2.45, 2.75) is 6.42 Å². The van der Waals surface area contributed by atoms with Crippen molar-refractivity contribution in [3.8, 4) is 16.2 Å². The van der Waals surface area contributed by atoms with Crippen LogP contribution in [0.4, 0.5) is 0 Å². The first kappa shape index (κ1) is 15.6. The number of likely N-dealkylation sites (tertiary alicyclic amines) is 1. The van der Waals surface area contributed by atoms with Gasteiger partial charge in [-0.15, -0.1) is 11.3 Å². The molecule has 1 saturated heterocycles. The van der Waals surface area contributed by atoms with Crippen molar-refractivity contribution < 1.29 is 14.3 Å². The Labute approximate surface area is 138 Å². The highest BCUT2D eigenvalue weighted by Crippen LogP contribution is 2.37. The molecule has 0 radical (unpaired) electrons. The lowest BCUT2D eigenvalue weighted by atomic mass is 10.1. The van der Waals surface area contributed by atoms with E-state index < -0.39 is 0 Å². The van der Waals surface area contributed by atoms with Crippen molar-refractivity contribution in [3.63, 3.8) is 0 Å². The number of carbonyl (C=O) groups excluding carboxylic acids is 2. The average molecular weight is 330 g/mol. The number of nitrogens with zero attached hydrogens (tertiary/aromatic N) is 1. The van der Waals surface area contributed by atoms with Gasteiger partial charge in [-0.1, -0.05) is 30.3 Å². The van der Waals surface area contributed by atoms with E-state index in [1.807, 2.05) is 36.4 Å². The van der Waals surface area contributed by atoms with Gasteiger partial charge in [-0.05, 0) is 18.1 Å². The fraction of sp³-hybridized carbons (Fsp3) is 0.294. The zero-order valence-electron chi connectivity index (χ0n) is 12.8. The number of hydrogen-bond donors (Lipinski definition) is 1. The summed E-state index contributed by atoms with van der Waals surface area (Å²) in [5.41, 5.74) is 6.38. The summed E-state index contributed by atoms with van der Waals surface area (Å²) in [4.78, 5) is 27.3. The Morgan fingerprint density at radius 3 is 2.65 bits per heavy atom. The van der Waals surface area contributed by atoms with Gasteiger partial charge in [0.2, 0.25) is 5.91 Å². The van der Waals surface area contributed by atoms with Crippen LogP contribution in [0.15, 0.2) is 36.4 Å². The van der Waals surface area contributed by atoms with Gasteiger partial charge in [0.1, 0.15) is 10.6 Å². The molecule has 0 saturated carbocycles. The monoisotopic (exact) mass is 330 g/mol. The third-order valence-electron chi connectivity index (χ3n) is 4.05. The largest absolute Gasteiger partial charge is 0.495 e. The van der Waals surface area contributed by atoms with Crippen LogP contribution < -0.4 is 10.5 Å². The zero-order valence-corrected chi connectivity index (χ0v) is 13.6. The summed E-state index contributed by atoms with van der Waals surface area (Å²) in [6.45, 7) is 0.935. The number of primary amides is 1. The maximum Gasteiger partial charge on any atom is 0.267 e. The van der Waals surface area contributed by atoms with Gasteiger partial charge < -0.3 is 15.4 Å². The first-order chi connectivity index (χ1) is 11.1. The molecule has 2 aromatic rings. The molecule has 2 N–H and O–H groups in total. The summed E-state index contributed by atoms with van der Waals surface area (Å²) in [5.74, 6) is -0.124. The Balaban J connectivity index is 1.86. The van der Waals surface area contributed by atoms with Gasteiger partial charge >= 0.3 is 0 Å². The number of amides is 2. The molecule has 120 valence electrons. The van der Waals surface area contributed by atoms with Gasteiger partial charge in [0.05, 0.1) is 13.0 Å². The molecule has 2 heterocycles. The van der Waals surface area contributed by atoms with E-state index >= 15 is 0 Å². The van der Waals surface area contributed by atoms with Crippen LogP contribution in [0.5, 0.6) is 5.75 Å². The minimum atomic E-state index is -0.344. The lowest BCUT2D eigenvalue weighted by Crippen LogP contribution is -2.31. The Bertz CT molecular complexity index is 727. The van der Waals surface area contributed by atoms with Crippen LogP contribution in [-0.2, 0) is 4.79 Å². The predicted molar refractivity (Wildman–Crippen MR) is 89.5 cm³/mol. The van der Waals surface area contributed by atoms with E-state index in [0.29, 0.717) is 30.1 Å². The molecule has 1 unspecified atom stereocenters. The number of methoxy groups -OCH3 is 1. The number of benzene rings is 1. The molecule has 1 aromatic carbocycles. The average Bonchev–Trinajstić information content (AvgIpc) is 3.22.